The second kappa shape index (κ2) is 6.79. The smallest absolute Gasteiger partial charge is 0.318 e. The van der Waals surface area contributed by atoms with E-state index in [-0.39, 0.29) is 5.97 Å². The zero-order valence-corrected chi connectivity index (χ0v) is 11.6. The Morgan fingerprint density at radius 2 is 2.30 bits per heavy atom. The third kappa shape index (κ3) is 3.40. The molecule has 0 aliphatic rings. The van der Waals surface area contributed by atoms with Crippen LogP contribution in [0.2, 0.25) is 0 Å². The Bertz CT molecular complexity index is 554. The summed E-state index contributed by atoms with van der Waals surface area (Å²) >= 11 is 0. The molecule has 1 unspecified atom stereocenters. The van der Waals surface area contributed by atoms with Gasteiger partial charge >= 0.3 is 5.97 Å². The van der Waals surface area contributed by atoms with Gasteiger partial charge in [-0.2, -0.15) is 4.98 Å². The van der Waals surface area contributed by atoms with Crippen LogP contribution in [0.5, 0.6) is 0 Å². The molecule has 0 N–H and O–H groups in total. The second-order valence-electron chi connectivity index (χ2n) is 4.30. The molecule has 1 atom stereocenters. The molecular weight excluding hydrogens is 258 g/mol. The van der Waals surface area contributed by atoms with E-state index in [2.05, 4.69) is 15.1 Å². The Morgan fingerprint density at radius 3 is 2.95 bits per heavy atom. The molecule has 0 aliphatic heterocycles. The number of carbonyl (C=O) groups excluding carboxylic acids is 1. The van der Waals surface area contributed by atoms with Gasteiger partial charge in [-0.05, 0) is 25.0 Å². The summed E-state index contributed by atoms with van der Waals surface area (Å²) in [6.45, 7) is 3.99. The van der Waals surface area contributed by atoms with Crippen LogP contribution >= 0.6 is 0 Å². The van der Waals surface area contributed by atoms with Gasteiger partial charge in [-0.25, -0.2) is 0 Å². The van der Waals surface area contributed by atoms with Crippen molar-refractivity contribution < 1.29 is 14.1 Å². The Hall–Kier alpha value is -2.24. The lowest BCUT2D eigenvalue weighted by Crippen LogP contribution is -2.15. The number of pyridine rings is 1. The number of rotatable bonds is 6. The lowest BCUT2D eigenvalue weighted by atomic mass is 10.1. The number of esters is 1. The molecule has 2 aromatic heterocycles. The molecule has 0 saturated carbocycles. The summed E-state index contributed by atoms with van der Waals surface area (Å²) in [7, 11) is 0. The third-order valence-corrected chi connectivity index (χ3v) is 2.85. The van der Waals surface area contributed by atoms with Crippen LogP contribution in [0.1, 0.15) is 43.5 Å². The SMILES string of the molecule is CCOC(=O)C(CC)c1nc(Cc2cccnc2)no1. The molecule has 0 amide bonds. The highest BCUT2D eigenvalue weighted by Gasteiger charge is 2.26. The highest BCUT2D eigenvalue weighted by Crippen LogP contribution is 2.20. The summed E-state index contributed by atoms with van der Waals surface area (Å²) in [6.07, 6.45) is 4.54. The zero-order valence-electron chi connectivity index (χ0n) is 11.6. The van der Waals surface area contributed by atoms with Crippen molar-refractivity contribution >= 4 is 5.97 Å². The van der Waals surface area contributed by atoms with Crippen LogP contribution in [0.15, 0.2) is 29.0 Å². The minimum atomic E-state index is -0.495. The molecule has 106 valence electrons. The molecule has 0 fully saturated rings. The molecule has 2 heterocycles. The van der Waals surface area contributed by atoms with Gasteiger partial charge < -0.3 is 9.26 Å². The molecule has 2 aromatic rings. The van der Waals surface area contributed by atoms with Crippen molar-refractivity contribution in [3.63, 3.8) is 0 Å². The lowest BCUT2D eigenvalue weighted by Gasteiger charge is -2.08. The first-order valence-corrected chi connectivity index (χ1v) is 6.62. The molecule has 6 nitrogen and oxygen atoms in total. The quantitative estimate of drug-likeness (QED) is 0.751. The first-order valence-electron chi connectivity index (χ1n) is 6.62. The van der Waals surface area contributed by atoms with Crippen molar-refractivity contribution in [2.24, 2.45) is 0 Å². The Labute approximate surface area is 117 Å². The van der Waals surface area contributed by atoms with E-state index < -0.39 is 5.92 Å². The molecule has 0 saturated heterocycles. The minimum absolute atomic E-state index is 0.310. The summed E-state index contributed by atoms with van der Waals surface area (Å²) in [4.78, 5) is 20.1. The molecule has 0 spiro atoms. The van der Waals surface area contributed by atoms with Crippen molar-refractivity contribution in [3.8, 4) is 0 Å². The molecule has 0 radical (unpaired) electrons. The van der Waals surface area contributed by atoms with E-state index in [9.17, 15) is 4.79 Å². The van der Waals surface area contributed by atoms with Crippen LogP contribution in [0.3, 0.4) is 0 Å². The maximum absolute atomic E-state index is 11.8. The van der Waals surface area contributed by atoms with Crippen molar-refractivity contribution in [2.75, 3.05) is 6.61 Å². The zero-order chi connectivity index (χ0) is 14.4. The number of hydrogen-bond donors (Lipinski definition) is 0. The molecule has 2 rings (SSSR count). The fraction of sp³-hybridized carbons (Fsp3) is 0.429. The van der Waals surface area contributed by atoms with Crippen LogP contribution in [0.25, 0.3) is 0 Å². The van der Waals surface area contributed by atoms with Crippen LogP contribution in [-0.4, -0.2) is 27.7 Å². The number of nitrogens with zero attached hydrogens (tertiary/aromatic N) is 3. The predicted octanol–water partition coefficient (Wildman–Crippen LogP) is 2.11. The van der Waals surface area contributed by atoms with E-state index in [1.165, 1.54) is 0 Å². The molecule has 0 aliphatic carbocycles. The average molecular weight is 275 g/mol. The van der Waals surface area contributed by atoms with Crippen LogP contribution in [0, 0.1) is 0 Å². The third-order valence-electron chi connectivity index (χ3n) is 2.85. The molecule has 6 heteroatoms. The van der Waals surface area contributed by atoms with Gasteiger partial charge in [0.25, 0.3) is 0 Å². The molecule has 0 bridgehead atoms. The average Bonchev–Trinajstić information content (AvgIpc) is 2.89. The van der Waals surface area contributed by atoms with E-state index in [4.69, 9.17) is 9.26 Å². The Balaban J connectivity index is 2.09. The van der Waals surface area contributed by atoms with E-state index in [1.54, 1.807) is 19.3 Å². The summed E-state index contributed by atoms with van der Waals surface area (Å²) < 4.78 is 10.2. The highest BCUT2D eigenvalue weighted by molar-refractivity contribution is 5.76. The van der Waals surface area contributed by atoms with Gasteiger partial charge in [-0.1, -0.05) is 18.1 Å². The summed E-state index contributed by atoms with van der Waals surface area (Å²) in [5.41, 5.74) is 0.990. The highest BCUT2D eigenvalue weighted by atomic mass is 16.5. The van der Waals surface area contributed by atoms with Gasteiger partial charge in [0.1, 0.15) is 5.92 Å². The van der Waals surface area contributed by atoms with E-state index in [1.807, 2.05) is 19.1 Å². The lowest BCUT2D eigenvalue weighted by molar-refractivity contribution is -0.145. The van der Waals surface area contributed by atoms with Crippen LogP contribution in [0.4, 0.5) is 0 Å². The van der Waals surface area contributed by atoms with Gasteiger partial charge in [0.2, 0.25) is 5.89 Å². The van der Waals surface area contributed by atoms with Gasteiger partial charge in [0.15, 0.2) is 5.82 Å². The monoisotopic (exact) mass is 275 g/mol. The topological polar surface area (TPSA) is 78.1 Å². The van der Waals surface area contributed by atoms with Crippen LogP contribution in [-0.2, 0) is 16.0 Å². The summed E-state index contributed by atoms with van der Waals surface area (Å²) in [6, 6.07) is 3.79. The maximum atomic E-state index is 11.8. The number of ether oxygens (including phenoxy) is 1. The van der Waals surface area contributed by atoms with E-state index in [0.717, 1.165) is 5.56 Å². The number of carbonyl (C=O) groups is 1. The van der Waals surface area contributed by atoms with Crippen LogP contribution < -0.4 is 0 Å². The fourth-order valence-electron chi connectivity index (χ4n) is 1.85. The largest absolute Gasteiger partial charge is 0.465 e. The minimum Gasteiger partial charge on any atom is -0.465 e. The predicted molar refractivity (Wildman–Crippen MR) is 71.0 cm³/mol. The van der Waals surface area contributed by atoms with Gasteiger partial charge in [-0.15, -0.1) is 0 Å². The second-order valence-corrected chi connectivity index (χ2v) is 4.30. The van der Waals surface area contributed by atoms with E-state index >= 15 is 0 Å². The normalized spacial score (nSPS) is 12.1. The standard InChI is InChI=1S/C14H17N3O3/c1-3-11(14(18)19-4-2)13-16-12(17-20-13)8-10-6-5-7-15-9-10/h5-7,9,11H,3-4,8H2,1-2H3. The summed E-state index contributed by atoms with van der Waals surface area (Å²) in [5, 5.41) is 3.90. The Morgan fingerprint density at radius 1 is 1.45 bits per heavy atom. The first kappa shape index (κ1) is 14.2. The summed E-state index contributed by atoms with van der Waals surface area (Å²) in [5.74, 6) is 0.0252. The molecular formula is C14H17N3O3. The van der Waals surface area contributed by atoms with Gasteiger partial charge in [0.05, 0.1) is 6.61 Å². The first-order chi connectivity index (χ1) is 9.74. The van der Waals surface area contributed by atoms with Crippen molar-refractivity contribution in [1.29, 1.82) is 0 Å². The molecule has 20 heavy (non-hydrogen) atoms. The molecule has 0 aromatic carbocycles. The van der Waals surface area contributed by atoms with Crippen molar-refractivity contribution in [3.05, 3.63) is 41.8 Å². The van der Waals surface area contributed by atoms with Gasteiger partial charge in [-0.3, -0.25) is 9.78 Å². The maximum Gasteiger partial charge on any atom is 0.318 e. The van der Waals surface area contributed by atoms with Crippen molar-refractivity contribution in [1.82, 2.24) is 15.1 Å². The van der Waals surface area contributed by atoms with Gasteiger partial charge in [0, 0.05) is 18.8 Å². The number of aromatic nitrogens is 3. The van der Waals surface area contributed by atoms with Crippen molar-refractivity contribution in [2.45, 2.75) is 32.6 Å². The fourth-order valence-corrected chi connectivity index (χ4v) is 1.85. The van der Waals surface area contributed by atoms with E-state index in [0.29, 0.717) is 31.2 Å². The Kier molecular flexibility index (Phi) is 4.81. The number of hydrogen-bond acceptors (Lipinski definition) is 6.